The highest BCUT2D eigenvalue weighted by Crippen LogP contribution is 2.24. The van der Waals surface area contributed by atoms with Crippen LogP contribution in [-0.4, -0.2) is 11.8 Å². The molecule has 28 heavy (non-hydrogen) atoms. The van der Waals surface area contributed by atoms with Crippen molar-refractivity contribution in [3.8, 4) is 0 Å². The van der Waals surface area contributed by atoms with Crippen molar-refractivity contribution >= 4 is 17.5 Å². The molecule has 2 amide bonds. The molecule has 5 heteroatoms. The van der Waals surface area contributed by atoms with E-state index < -0.39 is 11.7 Å². The van der Waals surface area contributed by atoms with E-state index in [9.17, 15) is 14.0 Å². The number of hydrogen-bond donors (Lipinski definition) is 2. The Kier molecular flexibility index (Phi) is 5.84. The van der Waals surface area contributed by atoms with Crippen LogP contribution in [0.25, 0.3) is 0 Å². The Bertz CT molecular complexity index is 985. The normalized spacial score (nSPS) is 11.5. The third kappa shape index (κ3) is 4.62. The van der Waals surface area contributed by atoms with Gasteiger partial charge < -0.3 is 10.6 Å². The van der Waals surface area contributed by atoms with Crippen LogP contribution in [0.2, 0.25) is 0 Å². The number of rotatable bonds is 5. The number of benzene rings is 3. The van der Waals surface area contributed by atoms with E-state index in [1.165, 1.54) is 25.1 Å². The molecule has 0 aliphatic carbocycles. The minimum atomic E-state index is -0.593. The van der Waals surface area contributed by atoms with Gasteiger partial charge in [0.25, 0.3) is 5.91 Å². The van der Waals surface area contributed by atoms with E-state index in [2.05, 4.69) is 10.6 Å². The molecular weight excluding hydrogens is 355 g/mol. The fraction of sp³-hybridized carbons (Fsp3) is 0.130. The number of aryl methyl sites for hydroxylation is 1. The van der Waals surface area contributed by atoms with Gasteiger partial charge in [0.2, 0.25) is 5.91 Å². The van der Waals surface area contributed by atoms with Crippen LogP contribution in [0, 0.1) is 12.7 Å². The quantitative estimate of drug-likeness (QED) is 0.683. The fourth-order valence-corrected chi connectivity index (χ4v) is 2.93. The summed E-state index contributed by atoms with van der Waals surface area (Å²) >= 11 is 0. The van der Waals surface area contributed by atoms with Crippen molar-refractivity contribution in [1.82, 2.24) is 5.32 Å². The van der Waals surface area contributed by atoms with Gasteiger partial charge in [-0.3, -0.25) is 9.59 Å². The monoisotopic (exact) mass is 376 g/mol. The largest absolute Gasteiger partial charge is 0.341 e. The summed E-state index contributed by atoms with van der Waals surface area (Å²) in [5.74, 6) is -1.36. The summed E-state index contributed by atoms with van der Waals surface area (Å²) < 4.78 is 13.9. The first kappa shape index (κ1) is 19.3. The zero-order valence-corrected chi connectivity index (χ0v) is 15.7. The third-order valence-electron chi connectivity index (χ3n) is 4.36. The summed E-state index contributed by atoms with van der Waals surface area (Å²) in [6.07, 6.45) is 0. The van der Waals surface area contributed by atoms with Crippen LogP contribution in [0.3, 0.4) is 0 Å². The SMILES string of the molecule is CC(=O)Nc1cc(C(=O)NC(c2ccccc2)c2ccc(C)cc2)ccc1F. The van der Waals surface area contributed by atoms with Gasteiger partial charge in [-0.25, -0.2) is 4.39 Å². The molecule has 0 aliphatic heterocycles. The van der Waals surface area contributed by atoms with Gasteiger partial charge in [0.05, 0.1) is 11.7 Å². The average molecular weight is 376 g/mol. The van der Waals surface area contributed by atoms with Crippen LogP contribution in [0.4, 0.5) is 10.1 Å². The van der Waals surface area contributed by atoms with Gasteiger partial charge >= 0.3 is 0 Å². The number of halogens is 1. The molecule has 0 aromatic heterocycles. The van der Waals surface area contributed by atoms with Crippen LogP contribution in [0.1, 0.15) is 40.0 Å². The van der Waals surface area contributed by atoms with E-state index >= 15 is 0 Å². The summed E-state index contributed by atoms with van der Waals surface area (Å²) in [7, 11) is 0. The fourth-order valence-electron chi connectivity index (χ4n) is 2.93. The summed E-state index contributed by atoms with van der Waals surface area (Å²) in [6.45, 7) is 3.29. The molecule has 0 fully saturated rings. The molecule has 0 aliphatic rings. The van der Waals surface area contributed by atoms with E-state index in [4.69, 9.17) is 0 Å². The number of carbonyl (C=O) groups excluding carboxylic acids is 2. The first-order valence-corrected chi connectivity index (χ1v) is 8.93. The van der Waals surface area contributed by atoms with E-state index in [0.717, 1.165) is 16.7 Å². The van der Waals surface area contributed by atoms with Crippen molar-refractivity contribution in [1.29, 1.82) is 0 Å². The number of carbonyl (C=O) groups is 2. The zero-order chi connectivity index (χ0) is 20.1. The van der Waals surface area contributed by atoms with Crippen molar-refractivity contribution in [3.05, 3.63) is 101 Å². The van der Waals surface area contributed by atoms with Crippen molar-refractivity contribution in [2.24, 2.45) is 0 Å². The van der Waals surface area contributed by atoms with Gasteiger partial charge in [-0.05, 0) is 36.2 Å². The summed E-state index contributed by atoms with van der Waals surface area (Å²) in [5, 5.41) is 5.41. The molecule has 0 bridgehead atoms. The highest BCUT2D eigenvalue weighted by molar-refractivity contribution is 5.97. The van der Waals surface area contributed by atoms with Crippen molar-refractivity contribution < 1.29 is 14.0 Å². The predicted molar refractivity (Wildman–Crippen MR) is 108 cm³/mol. The minimum absolute atomic E-state index is 0.0215. The highest BCUT2D eigenvalue weighted by Gasteiger charge is 2.19. The maximum atomic E-state index is 13.9. The number of amides is 2. The Morgan fingerprint density at radius 1 is 0.893 bits per heavy atom. The summed E-state index contributed by atoms with van der Waals surface area (Å²) in [5.41, 5.74) is 3.24. The molecular formula is C23H21FN2O2. The first-order chi connectivity index (χ1) is 13.4. The second-order valence-corrected chi connectivity index (χ2v) is 6.60. The number of hydrogen-bond acceptors (Lipinski definition) is 2. The van der Waals surface area contributed by atoms with E-state index in [1.54, 1.807) is 0 Å². The molecule has 0 saturated carbocycles. The van der Waals surface area contributed by atoms with E-state index in [1.807, 2.05) is 61.5 Å². The molecule has 3 aromatic rings. The lowest BCUT2D eigenvalue weighted by Crippen LogP contribution is -2.29. The highest BCUT2D eigenvalue weighted by atomic mass is 19.1. The Hall–Kier alpha value is -3.47. The molecule has 142 valence electrons. The van der Waals surface area contributed by atoms with Gasteiger partial charge in [-0.15, -0.1) is 0 Å². The average Bonchev–Trinajstić information content (AvgIpc) is 2.69. The molecule has 3 rings (SSSR count). The van der Waals surface area contributed by atoms with Gasteiger partial charge in [-0.1, -0.05) is 60.2 Å². The van der Waals surface area contributed by atoms with Crippen LogP contribution in [-0.2, 0) is 4.79 Å². The minimum Gasteiger partial charge on any atom is -0.341 e. The third-order valence-corrected chi connectivity index (χ3v) is 4.36. The number of anilines is 1. The van der Waals surface area contributed by atoms with Crippen LogP contribution in [0.5, 0.6) is 0 Å². The lowest BCUT2D eigenvalue weighted by molar-refractivity contribution is -0.114. The maximum Gasteiger partial charge on any atom is 0.252 e. The lowest BCUT2D eigenvalue weighted by atomic mass is 9.97. The van der Waals surface area contributed by atoms with E-state index in [-0.39, 0.29) is 23.2 Å². The number of nitrogens with one attached hydrogen (secondary N) is 2. The van der Waals surface area contributed by atoms with Crippen molar-refractivity contribution in [2.75, 3.05) is 5.32 Å². The molecule has 3 aromatic carbocycles. The molecule has 1 unspecified atom stereocenters. The molecule has 0 spiro atoms. The van der Waals surface area contributed by atoms with Crippen LogP contribution in [0.15, 0.2) is 72.8 Å². The van der Waals surface area contributed by atoms with Gasteiger partial charge in [0.1, 0.15) is 5.82 Å². The molecule has 4 nitrogen and oxygen atoms in total. The standard InChI is InChI=1S/C23H21FN2O2/c1-15-8-10-18(11-9-15)22(17-6-4-3-5-7-17)26-23(28)19-12-13-20(24)21(14-19)25-16(2)27/h3-14,22H,1-2H3,(H,25,27)(H,26,28). The molecule has 0 heterocycles. The molecule has 1 atom stereocenters. The second kappa shape index (κ2) is 8.48. The van der Waals surface area contributed by atoms with Gasteiger partial charge in [0.15, 0.2) is 0 Å². The van der Waals surface area contributed by atoms with Crippen LogP contribution < -0.4 is 10.6 Å². The second-order valence-electron chi connectivity index (χ2n) is 6.60. The smallest absolute Gasteiger partial charge is 0.252 e. The Labute approximate surface area is 163 Å². The summed E-state index contributed by atoms with van der Waals surface area (Å²) in [4.78, 5) is 24.1. The van der Waals surface area contributed by atoms with Gasteiger partial charge in [-0.2, -0.15) is 0 Å². The van der Waals surface area contributed by atoms with E-state index in [0.29, 0.717) is 0 Å². The van der Waals surface area contributed by atoms with Crippen molar-refractivity contribution in [2.45, 2.75) is 19.9 Å². The summed E-state index contributed by atoms with van der Waals surface area (Å²) in [6, 6.07) is 21.1. The molecule has 0 saturated heterocycles. The predicted octanol–water partition coefficient (Wildman–Crippen LogP) is 4.61. The van der Waals surface area contributed by atoms with Crippen LogP contribution >= 0.6 is 0 Å². The van der Waals surface area contributed by atoms with Crippen molar-refractivity contribution in [3.63, 3.8) is 0 Å². The Morgan fingerprint density at radius 3 is 2.18 bits per heavy atom. The molecule has 0 radical (unpaired) electrons. The first-order valence-electron chi connectivity index (χ1n) is 8.93. The Morgan fingerprint density at radius 2 is 1.54 bits per heavy atom. The Balaban J connectivity index is 1.91. The topological polar surface area (TPSA) is 58.2 Å². The maximum absolute atomic E-state index is 13.9. The van der Waals surface area contributed by atoms with Gasteiger partial charge in [0, 0.05) is 12.5 Å². The lowest BCUT2D eigenvalue weighted by Gasteiger charge is -2.20. The zero-order valence-electron chi connectivity index (χ0n) is 15.7. The molecule has 2 N–H and O–H groups in total.